The lowest BCUT2D eigenvalue weighted by Gasteiger charge is -2.14. The second kappa shape index (κ2) is 6.61. The summed E-state index contributed by atoms with van der Waals surface area (Å²) in [5, 5.41) is 33.0. The molecule has 0 saturated carbocycles. The number of aliphatic hydroxyl groups is 1. The number of hydrogen-bond acceptors (Lipinski definition) is 7. The first-order valence-electron chi connectivity index (χ1n) is 5.95. The minimum atomic E-state index is -0.900. The first kappa shape index (κ1) is 16.3. The van der Waals surface area contributed by atoms with E-state index >= 15 is 0 Å². The lowest BCUT2D eigenvalue weighted by atomic mass is 10.1. The molecule has 0 unspecified atom stereocenters. The van der Waals surface area contributed by atoms with Crippen molar-refractivity contribution in [3.63, 3.8) is 0 Å². The third kappa shape index (κ3) is 3.63. The lowest BCUT2D eigenvalue weighted by molar-refractivity contribution is -0.393. The fourth-order valence-electron chi connectivity index (χ4n) is 1.61. The van der Waals surface area contributed by atoms with Crippen LogP contribution in [0.1, 0.15) is 23.7 Å². The van der Waals surface area contributed by atoms with Gasteiger partial charge in [-0.25, -0.2) is 0 Å². The minimum Gasteiger partial charge on any atom is -0.394 e. The van der Waals surface area contributed by atoms with Crippen molar-refractivity contribution in [2.24, 2.45) is 0 Å². The van der Waals surface area contributed by atoms with E-state index in [0.717, 1.165) is 6.07 Å². The highest BCUT2D eigenvalue weighted by atomic mass is 16.6. The smallest absolute Gasteiger partial charge is 0.299 e. The largest absolute Gasteiger partial charge is 0.394 e. The predicted molar refractivity (Wildman–Crippen MR) is 72.8 cm³/mol. The van der Waals surface area contributed by atoms with Crippen LogP contribution in [0.2, 0.25) is 0 Å². The number of nitro benzene ring substituents is 2. The Labute approximate surface area is 118 Å². The molecule has 1 aromatic carbocycles. The van der Waals surface area contributed by atoms with Gasteiger partial charge < -0.3 is 16.2 Å². The van der Waals surface area contributed by atoms with Crippen LogP contribution in [0.25, 0.3) is 0 Å². The molecule has 0 aromatic heterocycles. The van der Waals surface area contributed by atoms with Gasteiger partial charge in [0.1, 0.15) is 5.69 Å². The van der Waals surface area contributed by atoms with Crippen LogP contribution in [0.4, 0.5) is 17.1 Å². The number of nitrogens with one attached hydrogen (secondary N) is 1. The zero-order valence-corrected chi connectivity index (χ0v) is 11.1. The Hall–Kier alpha value is -2.75. The van der Waals surface area contributed by atoms with Crippen LogP contribution in [0, 0.1) is 20.2 Å². The summed E-state index contributed by atoms with van der Waals surface area (Å²) < 4.78 is 0. The molecule has 0 spiro atoms. The maximum Gasteiger partial charge on any atom is 0.299 e. The number of hydrogen-bond donors (Lipinski definition) is 3. The molecule has 0 aliphatic rings. The van der Waals surface area contributed by atoms with Gasteiger partial charge >= 0.3 is 0 Å². The fraction of sp³-hybridized carbons (Fsp3) is 0.364. The molecule has 0 fully saturated rings. The van der Waals surface area contributed by atoms with Crippen LogP contribution in [-0.4, -0.2) is 33.5 Å². The van der Waals surface area contributed by atoms with Crippen molar-refractivity contribution >= 4 is 23.0 Å². The van der Waals surface area contributed by atoms with Crippen LogP contribution < -0.4 is 11.1 Å². The molecule has 4 N–H and O–H groups in total. The van der Waals surface area contributed by atoms with Gasteiger partial charge in [-0.3, -0.25) is 25.0 Å². The highest BCUT2D eigenvalue weighted by Gasteiger charge is 2.26. The molecule has 0 saturated heterocycles. The van der Waals surface area contributed by atoms with Gasteiger partial charge in [0.2, 0.25) is 0 Å². The molecular weight excluding hydrogens is 284 g/mol. The van der Waals surface area contributed by atoms with Crippen LogP contribution >= 0.6 is 0 Å². The Morgan fingerprint density at radius 2 is 2.00 bits per heavy atom. The highest BCUT2D eigenvalue weighted by molar-refractivity contribution is 6.02. The zero-order chi connectivity index (χ0) is 16.2. The van der Waals surface area contributed by atoms with Crippen LogP contribution in [-0.2, 0) is 0 Å². The number of benzene rings is 1. The van der Waals surface area contributed by atoms with Gasteiger partial charge in [0.25, 0.3) is 17.3 Å². The standard InChI is InChI=1S/C11H14N4O6/c1-2-6(5-16)13-11(17)8-3-7(14(18)19)4-9(10(8)12)15(20)21/h3-4,6,16H,2,5,12H2,1H3,(H,13,17)/t6-/m1/s1. The molecule has 1 atom stereocenters. The third-order valence-corrected chi connectivity index (χ3v) is 2.84. The Kier molecular flexibility index (Phi) is 5.13. The van der Waals surface area contributed by atoms with E-state index in [9.17, 15) is 25.0 Å². The molecule has 1 amide bonds. The summed E-state index contributed by atoms with van der Waals surface area (Å²) in [5.74, 6) is -0.819. The van der Waals surface area contributed by atoms with Crippen molar-refractivity contribution < 1.29 is 19.7 Å². The van der Waals surface area contributed by atoms with Crippen molar-refractivity contribution in [3.05, 3.63) is 37.9 Å². The van der Waals surface area contributed by atoms with E-state index in [-0.39, 0.29) is 12.2 Å². The Bertz CT molecular complexity index is 584. The maximum absolute atomic E-state index is 12.0. The van der Waals surface area contributed by atoms with E-state index in [2.05, 4.69) is 5.32 Å². The molecule has 0 heterocycles. The highest BCUT2D eigenvalue weighted by Crippen LogP contribution is 2.30. The average molecular weight is 298 g/mol. The van der Waals surface area contributed by atoms with Gasteiger partial charge in [0, 0.05) is 6.07 Å². The van der Waals surface area contributed by atoms with E-state index in [1.165, 1.54) is 0 Å². The second-order valence-electron chi connectivity index (χ2n) is 4.20. The van der Waals surface area contributed by atoms with E-state index in [1.54, 1.807) is 6.92 Å². The topological polar surface area (TPSA) is 162 Å². The molecule has 21 heavy (non-hydrogen) atoms. The number of nitrogens with zero attached hydrogens (tertiary/aromatic N) is 2. The molecule has 1 aromatic rings. The number of rotatable bonds is 6. The first-order valence-corrected chi connectivity index (χ1v) is 5.95. The molecule has 0 aliphatic heterocycles. The number of anilines is 1. The maximum atomic E-state index is 12.0. The molecule has 114 valence electrons. The SMILES string of the molecule is CC[C@H](CO)NC(=O)c1cc([N+](=O)[O-])cc([N+](=O)[O-])c1N. The number of carbonyl (C=O) groups is 1. The molecule has 0 aliphatic carbocycles. The number of carbonyl (C=O) groups excluding carboxylic acids is 1. The monoisotopic (exact) mass is 298 g/mol. The van der Waals surface area contributed by atoms with E-state index in [0.29, 0.717) is 12.5 Å². The van der Waals surface area contributed by atoms with Crippen molar-refractivity contribution in [2.45, 2.75) is 19.4 Å². The molecule has 1 rings (SSSR count). The minimum absolute atomic E-state index is 0.334. The van der Waals surface area contributed by atoms with Crippen molar-refractivity contribution in [3.8, 4) is 0 Å². The van der Waals surface area contributed by atoms with E-state index < -0.39 is 38.9 Å². The summed E-state index contributed by atoms with van der Waals surface area (Å²) in [5.41, 5.74) is 3.36. The number of nitrogens with two attached hydrogens (primary N) is 1. The normalized spacial score (nSPS) is 11.7. The van der Waals surface area contributed by atoms with Gasteiger partial charge in [-0.15, -0.1) is 0 Å². The number of nitro groups is 2. The van der Waals surface area contributed by atoms with Crippen LogP contribution in [0.3, 0.4) is 0 Å². The number of nitrogen functional groups attached to an aromatic ring is 1. The van der Waals surface area contributed by atoms with Gasteiger partial charge in [-0.2, -0.15) is 0 Å². The molecule has 0 bridgehead atoms. The first-order chi connectivity index (χ1) is 9.81. The summed E-state index contributed by atoms with van der Waals surface area (Å²) in [6.45, 7) is 1.37. The van der Waals surface area contributed by atoms with E-state index in [1.807, 2.05) is 0 Å². The summed E-state index contributed by atoms with van der Waals surface area (Å²) in [7, 11) is 0. The van der Waals surface area contributed by atoms with Crippen LogP contribution in [0.15, 0.2) is 12.1 Å². The molecule has 10 nitrogen and oxygen atoms in total. The number of amides is 1. The summed E-state index contributed by atoms with van der Waals surface area (Å²) in [6, 6.07) is 0.979. The number of aliphatic hydroxyl groups excluding tert-OH is 1. The quantitative estimate of drug-likeness (QED) is 0.393. The molecule has 10 heteroatoms. The zero-order valence-electron chi connectivity index (χ0n) is 11.1. The summed E-state index contributed by atoms with van der Waals surface area (Å²) >= 11 is 0. The Morgan fingerprint density at radius 3 is 2.43 bits per heavy atom. The average Bonchev–Trinajstić information content (AvgIpc) is 2.43. The van der Waals surface area contributed by atoms with E-state index in [4.69, 9.17) is 10.8 Å². The molecule has 0 radical (unpaired) electrons. The summed E-state index contributed by atoms with van der Waals surface area (Å²) in [6.07, 6.45) is 0.416. The summed E-state index contributed by atoms with van der Waals surface area (Å²) in [4.78, 5) is 31.8. The van der Waals surface area contributed by atoms with Crippen LogP contribution in [0.5, 0.6) is 0 Å². The lowest BCUT2D eigenvalue weighted by Crippen LogP contribution is -2.37. The Balaban J connectivity index is 3.30. The predicted octanol–water partition coefficient (Wildman–Crippen LogP) is 0.586. The third-order valence-electron chi connectivity index (χ3n) is 2.84. The van der Waals surface area contributed by atoms with Gasteiger partial charge in [-0.05, 0) is 6.42 Å². The second-order valence-corrected chi connectivity index (χ2v) is 4.20. The van der Waals surface area contributed by atoms with Crippen molar-refractivity contribution in [2.75, 3.05) is 12.3 Å². The van der Waals surface area contributed by atoms with Gasteiger partial charge in [0.15, 0.2) is 0 Å². The fourth-order valence-corrected chi connectivity index (χ4v) is 1.61. The Morgan fingerprint density at radius 1 is 1.38 bits per heavy atom. The van der Waals surface area contributed by atoms with Crippen molar-refractivity contribution in [1.82, 2.24) is 5.32 Å². The van der Waals surface area contributed by atoms with Gasteiger partial charge in [-0.1, -0.05) is 6.92 Å². The number of non-ortho nitro benzene ring substituents is 1. The van der Waals surface area contributed by atoms with Gasteiger partial charge in [0.05, 0.1) is 34.1 Å². The van der Waals surface area contributed by atoms with Crippen molar-refractivity contribution in [1.29, 1.82) is 0 Å². The molecular formula is C11H14N4O6.